The van der Waals surface area contributed by atoms with Gasteiger partial charge in [-0.25, -0.2) is 13.2 Å². The first-order valence-electron chi connectivity index (χ1n) is 5.14. The number of hydrogen-bond donors (Lipinski definition) is 3. The van der Waals surface area contributed by atoms with Gasteiger partial charge in [-0.05, 0) is 18.2 Å². The van der Waals surface area contributed by atoms with E-state index in [1.165, 1.54) is 6.07 Å². The van der Waals surface area contributed by atoms with Crippen molar-refractivity contribution in [3.8, 4) is 0 Å². The summed E-state index contributed by atoms with van der Waals surface area (Å²) in [5, 5.41) is 2.16. The largest absolute Gasteiger partial charge is 0.397 e. The minimum atomic E-state index is -0.885. The number of nitrogen functional groups attached to an aromatic ring is 2. The van der Waals surface area contributed by atoms with E-state index in [9.17, 15) is 13.2 Å². The molecule has 0 atom stereocenters. The molecule has 5 N–H and O–H groups in total. The van der Waals surface area contributed by atoms with Crippen molar-refractivity contribution in [2.45, 2.75) is 0 Å². The lowest BCUT2D eigenvalue weighted by Gasteiger charge is -2.13. The zero-order valence-electron chi connectivity index (χ0n) is 9.48. The summed E-state index contributed by atoms with van der Waals surface area (Å²) < 4.78 is 39.9. The maximum absolute atomic E-state index is 13.9. The molecule has 0 aliphatic carbocycles. The summed E-state index contributed by atoms with van der Waals surface area (Å²) in [5.74, 6) is -2.49. The molecule has 0 heterocycles. The van der Waals surface area contributed by atoms with Crippen molar-refractivity contribution in [2.75, 3.05) is 16.8 Å². The van der Waals surface area contributed by atoms with Crippen LogP contribution < -0.4 is 16.8 Å². The van der Waals surface area contributed by atoms with Crippen LogP contribution in [0.3, 0.4) is 0 Å². The highest BCUT2D eigenvalue weighted by Gasteiger charge is 2.15. The second kappa shape index (κ2) is 4.89. The number of nitrogens with one attached hydrogen (secondary N) is 1. The molecule has 0 spiro atoms. The number of nitrogens with two attached hydrogens (primary N) is 2. The molecule has 0 saturated heterocycles. The van der Waals surface area contributed by atoms with E-state index in [4.69, 9.17) is 23.1 Å². The lowest BCUT2D eigenvalue weighted by Crippen LogP contribution is -2.03. The van der Waals surface area contributed by atoms with Crippen molar-refractivity contribution >= 4 is 34.4 Å². The maximum Gasteiger partial charge on any atom is 0.169 e. The lowest BCUT2D eigenvalue weighted by atomic mass is 10.2. The first-order chi connectivity index (χ1) is 8.88. The summed E-state index contributed by atoms with van der Waals surface area (Å²) in [6.45, 7) is 0. The number of benzene rings is 2. The highest BCUT2D eigenvalue weighted by Crippen LogP contribution is 2.35. The smallest absolute Gasteiger partial charge is 0.169 e. The number of anilines is 4. The Bertz CT molecular complexity index is 626. The molecule has 100 valence electrons. The molecule has 0 fully saturated rings. The molecule has 0 bridgehead atoms. The number of halogens is 4. The molecule has 0 saturated carbocycles. The van der Waals surface area contributed by atoms with Crippen LogP contribution in [-0.2, 0) is 0 Å². The normalized spacial score (nSPS) is 10.5. The van der Waals surface area contributed by atoms with E-state index in [1.54, 1.807) is 0 Å². The van der Waals surface area contributed by atoms with Crippen LogP contribution in [0, 0.1) is 17.5 Å². The van der Waals surface area contributed by atoms with Crippen molar-refractivity contribution in [3.05, 3.63) is 46.7 Å². The Kier molecular flexibility index (Phi) is 3.44. The Morgan fingerprint density at radius 1 is 0.895 bits per heavy atom. The molecule has 0 aliphatic rings. The fraction of sp³-hybridized carbons (Fsp3) is 0. The van der Waals surface area contributed by atoms with Crippen LogP contribution in [0.4, 0.5) is 35.9 Å². The summed E-state index contributed by atoms with van der Waals surface area (Å²) in [6, 6.07) is 3.93. The van der Waals surface area contributed by atoms with Gasteiger partial charge in [-0.15, -0.1) is 0 Å². The third-order valence-corrected chi connectivity index (χ3v) is 2.78. The summed E-state index contributed by atoms with van der Waals surface area (Å²) in [5.41, 5.74) is 10.8. The molecule has 2 aromatic carbocycles. The second-order valence-corrected chi connectivity index (χ2v) is 4.22. The van der Waals surface area contributed by atoms with Crippen LogP contribution in [0.15, 0.2) is 24.3 Å². The summed E-state index contributed by atoms with van der Waals surface area (Å²) in [7, 11) is 0. The lowest BCUT2D eigenvalue weighted by molar-refractivity contribution is 0.584. The monoisotopic (exact) mass is 287 g/mol. The van der Waals surface area contributed by atoms with E-state index in [-0.39, 0.29) is 27.8 Å². The molecule has 0 radical (unpaired) electrons. The van der Waals surface area contributed by atoms with E-state index in [1.807, 2.05) is 0 Å². The van der Waals surface area contributed by atoms with Crippen molar-refractivity contribution in [1.82, 2.24) is 0 Å². The Morgan fingerprint density at radius 3 is 2.05 bits per heavy atom. The summed E-state index contributed by atoms with van der Waals surface area (Å²) in [6.07, 6.45) is 0. The van der Waals surface area contributed by atoms with Gasteiger partial charge >= 0.3 is 0 Å². The third-order valence-electron chi connectivity index (χ3n) is 2.40. The van der Waals surface area contributed by atoms with Gasteiger partial charge in [-0.1, -0.05) is 11.6 Å². The van der Waals surface area contributed by atoms with Crippen LogP contribution in [0.2, 0.25) is 5.02 Å². The molecular weight excluding hydrogens is 279 g/mol. The van der Waals surface area contributed by atoms with Crippen molar-refractivity contribution in [1.29, 1.82) is 0 Å². The average Bonchev–Trinajstić information content (AvgIpc) is 2.31. The second-order valence-electron chi connectivity index (χ2n) is 3.84. The quantitative estimate of drug-likeness (QED) is 0.739. The Hall–Kier alpha value is -2.08. The predicted molar refractivity (Wildman–Crippen MR) is 69.9 cm³/mol. The summed E-state index contributed by atoms with van der Waals surface area (Å²) >= 11 is 5.64. The molecule has 0 amide bonds. The fourth-order valence-electron chi connectivity index (χ4n) is 1.56. The molecule has 2 rings (SSSR count). The molecule has 2 aromatic rings. The average molecular weight is 288 g/mol. The number of hydrogen-bond acceptors (Lipinski definition) is 3. The van der Waals surface area contributed by atoms with Gasteiger partial charge in [0.15, 0.2) is 5.82 Å². The van der Waals surface area contributed by atoms with Crippen LogP contribution >= 0.6 is 11.6 Å². The van der Waals surface area contributed by atoms with Crippen LogP contribution in [0.5, 0.6) is 0 Å². The first kappa shape index (κ1) is 13.4. The van der Waals surface area contributed by atoms with Gasteiger partial charge in [0.25, 0.3) is 0 Å². The van der Waals surface area contributed by atoms with E-state index in [0.717, 1.165) is 12.1 Å². The van der Waals surface area contributed by atoms with E-state index < -0.39 is 17.5 Å². The number of rotatable bonds is 2. The van der Waals surface area contributed by atoms with Gasteiger partial charge < -0.3 is 16.8 Å². The first-order valence-corrected chi connectivity index (χ1v) is 5.52. The topological polar surface area (TPSA) is 64.1 Å². The van der Waals surface area contributed by atoms with E-state index >= 15 is 0 Å². The molecule has 19 heavy (non-hydrogen) atoms. The zero-order valence-corrected chi connectivity index (χ0v) is 10.2. The van der Waals surface area contributed by atoms with Gasteiger partial charge in [-0.2, -0.15) is 0 Å². The van der Waals surface area contributed by atoms with Gasteiger partial charge in [0.2, 0.25) is 0 Å². The Balaban J connectivity index is 2.46. The van der Waals surface area contributed by atoms with E-state index in [2.05, 4.69) is 5.32 Å². The van der Waals surface area contributed by atoms with Gasteiger partial charge in [0, 0.05) is 11.8 Å². The Labute approximate surface area is 112 Å². The maximum atomic E-state index is 13.9. The standard InChI is InChI=1S/C12H9ClF3N3/c13-10-8(17)4-9(18)12(11(10)16)19-7-2-5(14)1-6(15)3-7/h1-4,19H,17-18H2. The minimum Gasteiger partial charge on any atom is -0.397 e. The summed E-state index contributed by atoms with van der Waals surface area (Å²) in [4.78, 5) is 0. The molecule has 3 nitrogen and oxygen atoms in total. The van der Waals surface area contributed by atoms with Crippen molar-refractivity contribution in [3.63, 3.8) is 0 Å². The van der Waals surface area contributed by atoms with Crippen molar-refractivity contribution < 1.29 is 13.2 Å². The van der Waals surface area contributed by atoms with Gasteiger partial charge in [0.05, 0.1) is 17.1 Å². The molecule has 0 unspecified atom stereocenters. The van der Waals surface area contributed by atoms with E-state index in [0.29, 0.717) is 6.07 Å². The Morgan fingerprint density at radius 2 is 1.47 bits per heavy atom. The molecule has 0 aliphatic heterocycles. The van der Waals surface area contributed by atoms with Crippen LogP contribution in [0.1, 0.15) is 0 Å². The fourth-order valence-corrected chi connectivity index (χ4v) is 1.71. The van der Waals surface area contributed by atoms with Crippen LogP contribution in [-0.4, -0.2) is 0 Å². The van der Waals surface area contributed by atoms with Gasteiger partial charge in [0.1, 0.15) is 16.7 Å². The minimum absolute atomic E-state index is 0.00365. The predicted octanol–water partition coefficient (Wildman–Crippen LogP) is 3.67. The SMILES string of the molecule is Nc1cc(N)c(Nc2cc(F)cc(F)c2)c(F)c1Cl. The highest BCUT2D eigenvalue weighted by molar-refractivity contribution is 6.33. The molecular formula is C12H9ClF3N3. The molecule has 7 heteroatoms. The highest BCUT2D eigenvalue weighted by atomic mass is 35.5. The third kappa shape index (κ3) is 2.68. The zero-order chi connectivity index (χ0) is 14.2. The van der Waals surface area contributed by atoms with Gasteiger partial charge in [-0.3, -0.25) is 0 Å². The van der Waals surface area contributed by atoms with Crippen molar-refractivity contribution in [2.24, 2.45) is 0 Å². The molecule has 0 aromatic heterocycles. The van der Waals surface area contributed by atoms with Crippen LogP contribution in [0.25, 0.3) is 0 Å².